The highest BCUT2D eigenvalue weighted by atomic mass is 79.9. The Balaban J connectivity index is 1.66. The second kappa shape index (κ2) is 6.45. The molecular formula is C21H17BrN2O. The van der Waals surface area contributed by atoms with Crippen LogP contribution in [0.3, 0.4) is 0 Å². The van der Waals surface area contributed by atoms with Crippen LogP contribution < -0.4 is 4.90 Å². The summed E-state index contributed by atoms with van der Waals surface area (Å²) in [5.74, 6) is 0.0192. The van der Waals surface area contributed by atoms with Crippen LogP contribution in [-0.4, -0.2) is 17.4 Å². The summed E-state index contributed by atoms with van der Waals surface area (Å²) in [5.41, 5.74) is 5.57. The molecule has 25 heavy (non-hydrogen) atoms. The number of halogens is 1. The van der Waals surface area contributed by atoms with Crippen molar-refractivity contribution < 1.29 is 4.79 Å². The molecular weight excluding hydrogens is 376 g/mol. The summed E-state index contributed by atoms with van der Waals surface area (Å²) in [6, 6.07) is 19.9. The Kier molecular flexibility index (Phi) is 4.14. The molecule has 124 valence electrons. The number of aryl methyl sites for hydroxylation is 1. The minimum atomic E-state index is 0.0192. The van der Waals surface area contributed by atoms with Crippen molar-refractivity contribution in [3.8, 4) is 11.3 Å². The Hall–Kier alpha value is -2.46. The molecule has 1 amide bonds. The maximum absolute atomic E-state index is 13.0. The Morgan fingerprint density at radius 2 is 1.88 bits per heavy atom. The molecule has 0 saturated heterocycles. The Morgan fingerprint density at radius 3 is 2.64 bits per heavy atom. The summed E-state index contributed by atoms with van der Waals surface area (Å²) in [6.07, 6.45) is 0.884. The van der Waals surface area contributed by atoms with E-state index in [1.165, 1.54) is 5.56 Å². The molecule has 0 saturated carbocycles. The second-order valence-electron chi connectivity index (χ2n) is 6.18. The van der Waals surface area contributed by atoms with Gasteiger partial charge in [0.05, 0.1) is 17.0 Å². The molecule has 0 fully saturated rings. The van der Waals surface area contributed by atoms with Crippen LogP contribution in [0.25, 0.3) is 11.3 Å². The van der Waals surface area contributed by atoms with Crippen molar-refractivity contribution in [1.29, 1.82) is 0 Å². The average molecular weight is 393 g/mol. The van der Waals surface area contributed by atoms with Crippen molar-refractivity contribution in [2.45, 2.75) is 13.3 Å². The standard InChI is InChI=1S/C21H17BrN2O/c1-14-18(8-9-19(23-14)15-5-3-2-4-6-15)21(25)24-12-11-16-13-17(22)7-10-20(16)24/h2-10,13H,11-12H2,1H3. The van der Waals surface area contributed by atoms with Gasteiger partial charge >= 0.3 is 0 Å². The molecule has 0 radical (unpaired) electrons. The van der Waals surface area contributed by atoms with Gasteiger partial charge in [-0.2, -0.15) is 0 Å². The smallest absolute Gasteiger partial charge is 0.260 e. The zero-order valence-corrected chi connectivity index (χ0v) is 15.5. The fourth-order valence-electron chi connectivity index (χ4n) is 3.28. The zero-order chi connectivity index (χ0) is 17.4. The van der Waals surface area contributed by atoms with Crippen molar-refractivity contribution in [1.82, 2.24) is 4.98 Å². The topological polar surface area (TPSA) is 33.2 Å². The van der Waals surface area contributed by atoms with Crippen molar-refractivity contribution in [3.63, 3.8) is 0 Å². The van der Waals surface area contributed by atoms with Crippen LogP contribution in [0.15, 0.2) is 65.1 Å². The van der Waals surface area contributed by atoms with E-state index in [0.717, 1.165) is 33.5 Å². The highest BCUT2D eigenvalue weighted by molar-refractivity contribution is 9.10. The molecule has 0 aliphatic carbocycles. The molecule has 0 atom stereocenters. The van der Waals surface area contributed by atoms with Crippen molar-refractivity contribution in [3.05, 3.63) is 82.0 Å². The summed E-state index contributed by atoms with van der Waals surface area (Å²) in [4.78, 5) is 19.5. The number of pyridine rings is 1. The summed E-state index contributed by atoms with van der Waals surface area (Å²) in [6.45, 7) is 2.61. The zero-order valence-electron chi connectivity index (χ0n) is 13.9. The van der Waals surface area contributed by atoms with Crippen molar-refractivity contribution in [2.75, 3.05) is 11.4 Å². The molecule has 4 rings (SSSR count). The van der Waals surface area contributed by atoms with E-state index in [1.54, 1.807) is 0 Å². The van der Waals surface area contributed by atoms with E-state index in [9.17, 15) is 4.79 Å². The molecule has 1 aliphatic heterocycles. The molecule has 1 aromatic heterocycles. The number of amides is 1. The number of hydrogen-bond donors (Lipinski definition) is 0. The average Bonchev–Trinajstić information content (AvgIpc) is 3.04. The SMILES string of the molecule is Cc1nc(-c2ccccc2)ccc1C(=O)N1CCc2cc(Br)ccc21. The maximum atomic E-state index is 13.0. The van der Waals surface area contributed by atoms with Gasteiger partial charge < -0.3 is 4.90 Å². The van der Waals surface area contributed by atoms with Crippen LogP contribution in [-0.2, 0) is 6.42 Å². The predicted molar refractivity (Wildman–Crippen MR) is 104 cm³/mol. The number of carbonyl (C=O) groups is 1. The number of hydrogen-bond acceptors (Lipinski definition) is 2. The molecule has 0 spiro atoms. The quantitative estimate of drug-likeness (QED) is 0.613. The van der Waals surface area contributed by atoms with E-state index in [4.69, 9.17) is 0 Å². The summed E-state index contributed by atoms with van der Waals surface area (Å²) < 4.78 is 1.05. The number of fused-ring (bicyclic) bond motifs is 1. The lowest BCUT2D eigenvalue weighted by Gasteiger charge is -2.18. The summed E-state index contributed by atoms with van der Waals surface area (Å²) >= 11 is 3.50. The molecule has 0 N–H and O–H groups in total. The Labute approximate surface area is 155 Å². The lowest BCUT2D eigenvalue weighted by molar-refractivity contribution is 0.0988. The molecule has 0 bridgehead atoms. The molecule has 3 nitrogen and oxygen atoms in total. The third-order valence-corrected chi connectivity index (χ3v) is 5.06. The first kappa shape index (κ1) is 16.0. The van der Waals surface area contributed by atoms with Gasteiger partial charge in [-0.05, 0) is 49.2 Å². The van der Waals surface area contributed by atoms with E-state index in [0.29, 0.717) is 12.1 Å². The first-order valence-electron chi connectivity index (χ1n) is 8.27. The molecule has 1 aliphatic rings. The highest BCUT2D eigenvalue weighted by Crippen LogP contribution is 2.32. The van der Waals surface area contributed by atoms with Gasteiger partial charge in [-0.1, -0.05) is 46.3 Å². The number of nitrogens with zero attached hydrogens (tertiary/aromatic N) is 2. The maximum Gasteiger partial charge on any atom is 0.260 e. The largest absolute Gasteiger partial charge is 0.308 e. The van der Waals surface area contributed by atoms with Crippen LogP contribution in [0.5, 0.6) is 0 Å². The Morgan fingerprint density at radius 1 is 1.08 bits per heavy atom. The lowest BCUT2D eigenvalue weighted by atomic mass is 10.1. The van der Waals surface area contributed by atoms with Crippen LogP contribution >= 0.6 is 15.9 Å². The highest BCUT2D eigenvalue weighted by Gasteiger charge is 2.26. The first-order chi connectivity index (χ1) is 12.1. The molecule has 2 aromatic carbocycles. The first-order valence-corrected chi connectivity index (χ1v) is 9.06. The summed E-state index contributed by atoms with van der Waals surface area (Å²) in [7, 11) is 0. The van der Waals surface area contributed by atoms with Crippen LogP contribution in [0.1, 0.15) is 21.6 Å². The lowest BCUT2D eigenvalue weighted by Crippen LogP contribution is -2.29. The Bertz CT molecular complexity index is 953. The van der Waals surface area contributed by atoms with Gasteiger partial charge in [-0.15, -0.1) is 0 Å². The number of rotatable bonds is 2. The minimum Gasteiger partial charge on any atom is -0.308 e. The minimum absolute atomic E-state index is 0.0192. The van der Waals surface area contributed by atoms with Crippen molar-refractivity contribution >= 4 is 27.5 Å². The molecule has 0 unspecified atom stereocenters. The molecule has 2 heterocycles. The second-order valence-corrected chi connectivity index (χ2v) is 7.09. The third-order valence-electron chi connectivity index (χ3n) is 4.57. The van der Waals surface area contributed by atoms with Gasteiger partial charge in [0.2, 0.25) is 0 Å². The third kappa shape index (κ3) is 2.98. The van der Waals surface area contributed by atoms with E-state index in [-0.39, 0.29) is 5.91 Å². The number of aromatic nitrogens is 1. The van der Waals surface area contributed by atoms with E-state index < -0.39 is 0 Å². The van der Waals surface area contributed by atoms with Gasteiger partial charge in [0.25, 0.3) is 5.91 Å². The summed E-state index contributed by atoms with van der Waals surface area (Å²) in [5, 5.41) is 0. The van der Waals surface area contributed by atoms with Crippen molar-refractivity contribution in [2.24, 2.45) is 0 Å². The van der Waals surface area contributed by atoms with Crippen LogP contribution in [0, 0.1) is 6.92 Å². The fraction of sp³-hybridized carbons (Fsp3) is 0.143. The van der Waals surface area contributed by atoms with Gasteiger partial charge in [0, 0.05) is 22.3 Å². The van der Waals surface area contributed by atoms with Crippen LogP contribution in [0.4, 0.5) is 5.69 Å². The number of carbonyl (C=O) groups excluding carboxylic acids is 1. The monoisotopic (exact) mass is 392 g/mol. The number of benzene rings is 2. The normalized spacial score (nSPS) is 13.0. The molecule has 4 heteroatoms. The predicted octanol–water partition coefficient (Wildman–Crippen LogP) is 5.02. The van der Waals surface area contributed by atoms with E-state index in [2.05, 4.69) is 27.0 Å². The van der Waals surface area contributed by atoms with E-state index >= 15 is 0 Å². The fourth-order valence-corrected chi connectivity index (χ4v) is 3.69. The van der Waals surface area contributed by atoms with E-state index in [1.807, 2.05) is 66.4 Å². The van der Waals surface area contributed by atoms with Crippen LogP contribution in [0.2, 0.25) is 0 Å². The van der Waals surface area contributed by atoms with Gasteiger partial charge in [0.15, 0.2) is 0 Å². The number of anilines is 1. The van der Waals surface area contributed by atoms with Gasteiger partial charge in [-0.3, -0.25) is 9.78 Å². The van der Waals surface area contributed by atoms with Gasteiger partial charge in [-0.25, -0.2) is 0 Å². The molecule has 3 aromatic rings. The van der Waals surface area contributed by atoms with Gasteiger partial charge in [0.1, 0.15) is 0 Å².